The Morgan fingerprint density at radius 2 is 0.908 bits per heavy atom. The van der Waals surface area contributed by atoms with E-state index in [9.17, 15) is 24.3 Å². The quantitative estimate of drug-likeness (QED) is 0.141. The first-order valence-corrected chi connectivity index (χ1v) is 29.1. The fourth-order valence-corrected chi connectivity index (χ4v) is 15.3. The molecule has 18 heteroatoms. The van der Waals surface area contributed by atoms with E-state index in [1.165, 1.54) is 23.5 Å². The van der Waals surface area contributed by atoms with E-state index < -0.39 is 35.0 Å². The van der Waals surface area contributed by atoms with Crippen LogP contribution in [0.3, 0.4) is 0 Å². The molecule has 3 amide bonds. The highest BCUT2D eigenvalue weighted by molar-refractivity contribution is 8.18. The number of hydrogen-bond donors (Lipinski definition) is 2. The van der Waals surface area contributed by atoms with Crippen LogP contribution in [0, 0.1) is 11.8 Å². The van der Waals surface area contributed by atoms with E-state index in [2.05, 4.69) is 51.3 Å². The number of hydrogen-bond acceptors (Lipinski definition) is 10. The summed E-state index contributed by atoms with van der Waals surface area (Å²) in [4.78, 5) is 72.1. The number of benzene rings is 4. The van der Waals surface area contributed by atoms with E-state index >= 15 is 0 Å². The van der Waals surface area contributed by atoms with Gasteiger partial charge in [0, 0.05) is 43.6 Å². The van der Waals surface area contributed by atoms with E-state index in [-0.39, 0.29) is 47.8 Å². The number of carboxylic acid groups (broad SMARTS) is 1. The summed E-state index contributed by atoms with van der Waals surface area (Å²) in [5, 5.41) is 14.0. The first-order valence-electron chi connectivity index (χ1n) is 26.0. The molecule has 0 saturated carbocycles. The maximum atomic E-state index is 14.2. The van der Waals surface area contributed by atoms with Crippen molar-refractivity contribution in [3.05, 3.63) is 161 Å². The van der Waals surface area contributed by atoms with Gasteiger partial charge in [-0.25, -0.2) is 14.8 Å². The lowest BCUT2D eigenvalue weighted by Crippen LogP contribution is -2.47. The molecule has 2 fully saturated rings. The summed E-state index contributed by atoms with van der Waals surface area (Å²) in [6, 6.07) is 29.2. The Labute approximate surface area is 474 Å². The molecule has 2 saturated heterocycles. The number of thioether (sulfide) groups is 2. The van der Waals surface area contributed by atoms with Gasteiger partial charge in [0.25, 0.3) is 11.8 Å². The van der Waals surface area contributed by atoms with Gasteiger partial charge in [-0.2, -0.15) is 0 Å². The van der Waals surface area contributed by atoms with Crippen LogP contribution in [0.25, 0.3) is 0 Å². The van der Waals surface area contributed by atoms with E-state index in [0.29, 0.717) is 49.2 Å². The zero-order valence-electron chi connectivity index (χ0n) is 43.8. The molecule has 3 N–H and O–H groups in total. The minimum Gasteiger partial charge on any atom is -0.480 e. The molecule has 4 aromatic rings. The monoisotopic (exact) mass is 1140 g/mol. The molecule has 8 atom stereocenters. The summed E-state index contributed by atoms with van der Waals surface area (Å²) in [5.74, 6) is -1.70. The summed E-state index contributed by atoms with van der Waals surface area (Å²) in [5.41, 5.74) is 10.3. The molecule has 6 heterocycles. The lowest BCUT2D eigenvalue weighted by Gasteiger charge is -2.37. The second kappa shape index (κ2) is 22.1. The van der Waals surface area contributed by atoms with Crippen molar-refractivity contribution in [2.24, 2.45) is 27.6 Å². The third kappa shape index (κ3) is 9.97. The van der Waals surface area contributed by atoms with Gasteiger partial charge < -0.3 is 30.4 Å². The molecule has 4 aromatic carbocycles. The third-order valence-electron chi connectivity index (χ3n) is 15.8. The number of amidine groups is 2. The summed E-state index contributed by atoms with van der Waals surface area (Å²) >= 11 is 27.7. The van der Waals surface area contributed by atoms with Crippen LogP contribution in [0.1, 0.15) is 128 Å². The molecular weight excluding hydrogens is 1080 g/mol. The minimum atomic E-state index is -0.948. The normalized spacial score (nSPS) is 26.8. The molecule has 10 rings (SSSR count). The van der Waals surface area contributed by atoms with E-state index in [4.69, 9.17) is 62.1 Å². The number of halogens is 4. The van der Waals surface area contributed by atoms with Crippen molar-refractivity contribution >= 4 is 104 Å². The highest BCUT2D eigenvalue weighted by Crippen LogP contribution is 2.58. The topological polar surface area (TPSA) is 152 Å². The van der Waals surface area contributed by atoms with Crippen LogP contribution in [-0.2, 0) is 30.3 Å². The van der Waals surface area contributed by atoms with Gasteiger partial charge in [0.1, 0.15) is 33.0 Å². The van der Waals surface area contributed by atoms with Gasteiger partial charge >= 0.3 is 5.97 Å². The zero-order valence-corrected chi connectivity index (χ0v) is 48.4. The molecule has 12 nitrogen and oxygen atoms in total. The fourth-order valence-electron chi connectivity index (χ4n) is 12.1. The number of aliphatic carboxylic acids is 1. The fraction of sp³-hybridized carbons (Fsp3) is 0.414. The van der Waals surface area contributed by atoms with Crippen LogP contribution < -0.4 is 5.73 Å². The average Bonchev–Trinajstić information content (AvgIpc) is 4.24. The van der Waals surface area contributed by atoms with E-state index in [1.54, 1.807) is 9.80 Å². The number of nitrogens with zero attached hydrogens (tertiary/aromatic N) is 6. The number of carboxylic acids is 1. The van der Waals surface area contributed by atoms with Gasteiger partial charge in [-0.05, 0) is 159 Å². The standard InChI is InChI=1S/C29H32Cl2N4O2S.C29H31Cl2N3O3S/c1-5-21-14-15-22(26(32)36)34(21)27(37)24-23(16(2)3)35-25(17-6-10-19(30)11-7-17)29(4,33-28(35)38-24)18-8-12-20(31)13-9-18;1-5-21-14-15-22(27(36)37)33(21)26(35)24-23(16(2)3)34-25(17-6-10-19(30)11-7-17)29(4,32-28(34)38-24)18-8-12-20(31)13-9-18/h6-13,16,21-22,25H,5,14-15H2,1-4H3,(H2,32,36);6-13,16,21-22,25H,5,14-15H2,1-4H3,(H,36,37)/t2*21-,22+,25-,29+/m11/s1. The Balaban J connectivity index is 0.000000186. The number of aliphatic imine (C=N–C) groups is 2. The number of carbonyl (C=O) groups excluding carboxylic acids is 3. The largest absolute Gasteiger partial charge is 0.480 e. The number of fused-ring (bicyclic) bond motifs is 2. The molecule has 0 aliphatic carbocycles. The molecule has 0 unspecified atom stereocenters. The van der Waals surface area contributed by atoms with Gasteiger partial charge in [-0.3, -0.25) is 14.4 Å². The van der Waals surface area contributed by atoms with Gasteiger partial charge in [0.05, 0.1) is 12.1 Å². The molecule has 400 valence electrons. The molecule has 6 aliphatic heterocycles. The van der Waals surface area contributed by atoms with Crippen molar-refractivity contribution in [1.29, 1.82) is 0 Å². The van der Waals surface area contributed by atoms with Gasteiger partial charge in [-0.15, -0.1) is 0 Å². The number of amides is 3. The first-order chi connectivity index (χ1) is 36.1. The number of nitrogens with two attached hydrogens (primary N) is 1. The number of carbonyl (C=O) groups is 4. The second-order valence-corrected chi connectivity index (χ2v) is 24.9. The summed E-state index contributed by atoms with van der Waals surface area (Å²) in [7, 11) is 0. The van der Waals surface area contributed by atoms with Gasteiger partial charge in [0.15, 0.2) is 10.3 Å². The van der Waals surface area contributed by atoms with Crippen LogP contribution in [-0.4, -0.2) is 82.9 Å². The molecule has 0 radical (unpaired) electrons. The zero-order chi connectivity index (χ0) is 54.7. The highest BCUT2D eigenvalue weighted by Gasteiger charge is 2.56. The molecule has 0 aromatic heterocycles. The molecule has 0 spiro atoms. The first kappa shape index (κ1) is 55.8. The molecule has 76 heavy (non-hydrogen) atoms. The van der Waals surface area contributed by atoms with Crippen LogP contribution in [0.2, 0.25) is 20.1 Å². The Morgan fingerprint density at radius 1 is 0.579 bits per heavy atom. The second-order valence-electron chi connectivity index (χ2n) is 21.2. The summed E-state index contributed by atoms with van der Waals surface area (Å²) < 4.78 is 0. The van der Waals surface area contributed by atoms with Crippen LogP contribution >= 0.6 is 69.9 Å². The van der Waals surface area contributed by atoms with Crippen molar-refractivity contribution in [2.45, 2.75) is 141 Å². The van der Waals surface area contributed by atoms with Gasteiger partial charge in [-0.1, -0.05) is 136 Å². The van der Waals surface area contributed by atoms with Gasteiger partial charge in [0.2, 0.25) is 5.91 Å². The number of rotatable bonds is 12. The molecular formula is C58H63Cl4N7O5S2. The molecule has 6 aliphatic rings. The summed E-state index contributed by atoms with van der Waals surface area (Å²) in [6.45, 7) is 16.6. The van der Waals surface area contributed by atoms with Crippen molar-refractivity contribution in [2.75, 3.05) is 0 Å². The van der Waals surface area contributed by atoms with E-state index in [0.717, 1.165) is 63.2 Å². The van der Waals surface area contributed by atoms with Crippen LogP contribution in [0.15, 0.2) is 128 Å². The maximum absolute atomic E-state index is 14.2. The number of likely N-dealkylation sites (tertiary alicyclic amines) is 2. The minimum absolute atomic E-state index is 0.00229. The molecule has 0 bridgehead atoms. The third-order valence-corrected chi connectivity index (χ3v) is 18.9. The van der Waals surface area contributed by atoms with Crippen molar-refractivity contribution < 1.29 is 24.3 Å². The van der Waals surface area contributed by atoms with Crippen LogP contribution in [0.4, 0.5) is 0 Å². The predicted molar refractivity (Wildman–Crippen MR) is 308 cm³/mol. The predicted octanol–water partition coefficient (Wildman–Crippen LogP) is 13.6. The lowest BCUT2D eigenvalue weighted by molar-refractivity contribution is -0.148. The average molecular weight is 1140 g/mol. The smallest absolute Gasteiger partial charge is 0.326 e. The van der Waals surface area contributed by atoms with Crippen molar-refractivity contribution in [3.8, 4) is 0 Å². The Bertz CT molecular complexity index is 2860. The van der Waals surface area contributed by atoms with Crippen LogP contribution in [0.5, 0.6) is 0 Å². The van der Waals surface area contributed by atoms with Crippen molar-refractivity contribution in [3.63, 3.8) is 0 Å². The Hall–Kier alpha value is -4.96. The Morgan fingerprint density at radius 3 is 1.22 bits per heavy atom. The number of primary amides is 1. The summed E-state index contributed by atoms with van der Waals surface area (Å²) in [6.07, 6.45) is 4.04. The maximum Gasteiger partial charge on any atom is 0.326 e. The SMILES string of the molecule is CC[C@@H]1CC[C@@H](C(=O)O)N1C(=O)C1=C(C(C)C)N2C(=N[C@@](C)(c3ccc(Cl)cc3)[C@H]2c2ccc(Cl)cc2)S1.CC[C@@H]1CC[C@@H](C(N)=O)N1C(=O)C1=C(C(C)C)N2C(=N[C@@](C)(c3ccc(Cl)cc3)[C@H]2c2ccc(Cl)cc2)S1. The highest BCUT2D eigenvalue weighted by atomic mass is 35.5. The van der Waals surface area contributed by atoms with E-state index in [1.807, 2.05) is 111 Å². The van der Waals surface area contributed by atoms with Crippen molar-refractivity contribution in [1.82, 2.24) is 19.6 Å². The Kier molecular flexibility index (Phi) is 16.2. The number of allylic oxidation sites excluding steroid dienone is 2. The lowest BCUT2D eigenvalue weighted by atomic mass is 9.81.